The number of alkyl halides is 9. The Hall–Kier alpha value is 3.49. The highest BCUT2D eigenvalue weighted by molar-refractivity contribution is 9.09. The summed E-state index contributed by atoms with van der Waals surface area (Å²) in [6.07, 6.45) is 0.773. The van der Waals surface area contributed by atoms with Crippen LogP contribution in [0.1, 0.15) is 19.3 Å². The van der Waals surface area contributed by atoms with Crippen LogP contribution in [0, 0.1) is 0 Å². The van der Waals surface area contributed by atoms with Gasteiger partial charge in [-0.05, 0) is 0 Å². The maximum absolute atomic E-state index is 6.02. The second kappa shape index (κ2) is 12.0. The van der Waals surface area contributed by atoms with Gasteiger partial charge in [-0.15, -0.1) is 0 Å². The molecule has 3 nitrogen and oxygen atoms in total. The summed E-state index contributed by atoms with van der Waals surface area (Å²) in [4.78, 5) is 0. The third kappa shape index (κ3) is 12.8. The molecule has 0 heterocycles. The molecule has 0 bridgehead atoms. The Kier molecular flexibility index (Phi) is 14.0. The van der Waals surface area contributed by atoms with Crippen LogP contribution in [0.15, 0.2) is 0 Å². The van der Waals surface area contributed by atoms with Crippen LogP contribution >= 0.6 is 126 Å². The monoisotopic (exact) mass is 646 g/mol. The van der Waals surface area contributed by atoms with E-state index >= 15 is 0 Å². The molecule has 0 aliphatic carbocycles. The molecule has 134 valence electrons. The van der Waals surface area contributed by atoms with Gasteiger partial charge in [-0.1, -0.05) is 117 Å². The fraction of sp³-hybridized carbons (Fsp3) is 1.00. The molecule has 0 fully saturated rings. The predicted octanol–water partition coefficient (Wildman–Crippen LogP) is 8.01. The van der Waals surface area contributed by atoms with Crippen molar-refractivity contribution in [3.8, 4) is 0 Å². The van der Waals surface area contributed by atoms with E-state index in [2.05, 4.69) is 47.8 Å². The van der Waals surface area contributed by atoms with Crippen molar-refractivity contribution >= 4 is 126 Å². The highest BCUT2D eigenvalue weighted by Crippen LogP contribution is 2.57. The summed E-state index contributed by atoms with van der Waals surface area (Å²) < 4.78 is 11.5. The molecular formula is C9H12Br3Cl6O3P. The van der Waals surface area contributed by atoms with E-state index in [4.69, 9.17) is 83.2 Å². The van der Waals surface area contributed by atoms with E-state index in [0.29, 0.717) is 16.0 Å². The zero-order valence-electron chi connectivity index (χ0n) is 10.8. The van der Waals surface area contributed by atoms with Crippen molar-refractivity contribution < 1.29 is 13.6 Å². The van der Waals surface area contributed by atoms with Gasteiger partial charge in [-0.3, -0.25) is 13.6 Å². The Morgan fingerprint density at radius 2 is 0.818 bits per heavy atom. The fourth-order valence-electron chi connectivity index (χ4n) is 0.850. The molecule has 0 spiro atoms. The van der Waals surface area contributed by atoms with E-state index in [9.17, 15) is 0 Å². The van der Waals surface area contributed by atoms with Gasteiger partial charge in [-0.25, -0.2) is 0 Å². The first-order valence-corrected chi connectivity index (χ1v) is 12.4. The molecule has 0 radical (unpaired) electrons. The minimum Gasteiger partial charge on any atom is -0.275 e. The molecular weight excluding hydrogens is 640 g/mol. The van der Waals surface area contributed by atoms with Crippen LogP contribution in [0.25, 0.3) is 0 Å². The lowest BCUT2D eigenvalue weighted by molar-refractivity contribution is 0.0916. The van der Waals surface area contributed by atoms with Crippen molar-refractivity contribution in [3.05, 3.63) is 0 Å². The van der Waals surface area contributed by atoms with Crippen LogP contribution in [0.5, 0.6) is 0 Å². The van der Waals surface area contributed by atoms with Crippen molar-refractivity contribution in [2.45, 2.75) is 32.8 Å². The molecule has 0 saturated heterocycles. The Morgan fingerprint density at radius 1 is 0.591 bits per heavy atom. The Bertz CT molecular complexity index is 279. The van der Waals surface area contributed by atoms with E-state index in [1.165, 1.54) is 0 Å². The van der Waals surface area contributed by atoms with Gasteiger partial charge < -0.3 is 0 Å². The average Bonchev–Trinajstić information content (AvgIpc) is 2.25. The second-order valence-corrected chi connectivity index (χ2v) is 11.3. The van der Waals surface area contributed by atoms with Crippen molar-refractivity contribution in [1.82, 2.24) is 0 Å². The predicted molar refractivity (Wildman–Crippen MR) is 109 cm³/mol. The van der Waals surface area contributed by atoms with Gasteiger partial charge in [0.25, 0.3) is 0 Å². The summed E-state index contributed by atoms with van der Waals surface area (Å²) in [5.74, 6) is 0. The van der Waals surface area contributed by atoms with Crippen LogP contribution in [0.2, 0.25) is 0 Å². The quantitative estimate of drug-likeness (QED) is 0.158. The zero-order chi connectivity index (χ0) is 17.4. The lowest BCUT2D eigenvalue weighted by Crippen LogP contribution is -2.25. The maximum atomic E-state index is 6.02. The highest BCUT2D eigenvalue weighted by atomic mass is 79.9. The Morgan fingerprint density at radius 3 is 1.00 bits per heavy atom. The minimum absolute atomic E-state index is 0.258. The smallest absolute Gasteiger partial charge is 0.275 e. The molecule has 0 aromatic carbocycles. The average molecular weight is 652 g/mol. The van der Waals surface area contributed by atoms with E-state index < -0.39 is 22.2 Å². The second-order valence-electron chi connectivity index (χ2n) is 3.73. The van der Waals surface area contributed by atoms with Gasteiger partial charge in [0.1, 0.15) is 0 Å². The lowest BCUT2D eigenvalue weighted by atomic mass is 10.5. The van der Waals surface area contributed by atoms with Crippen LogP contribution < -0.4 is 0 Å². The number of halogens is 9. The van der Waals surface area contributed by atoms with Crippen molar-refractivity contribution in [3.63, 3.8) is 0 Å². The number of rotatable bonds is 12. The topological polar surface area (TPSA) is 27.7 Å². The van der Waals surface area contributed by atoms with E-state index in [1.54, 1.807) is 0 Å². The van der Waals surface area contributed by atoms with Gasteiger partial charge in [0.15, 0.2) is 0 Å². The van der Waals surface area contributed by atoms with Gasteiger partial charge in [0, 0.05) is 35.3 Å². The van der Waals surface area contributed by atoms with E-state index in [0.717, 1.165) is 0 Å². The SMILES string of the molecule is ClC(Cl)(CCBr)OP(OC(Cl)(Cl)CCBr)OC(Cl)(Cl)CCBr. The molecule has 0 amide bonds. The third-order valence-corrected chi connectivity index (χ3v) is 6.59. The normalized spacial score (nSPS) is 13.9. The van der Waals surface area contributed by atoms with Gasteiger partial charge >= 0.3 is 8.60 Å². The largest absolute Gasteiger partial charge is 0.340 e. The highest BCUT2D eigenvalue weighted by Gasteiger charge is 2.41. The molecule has 0 rings (SSSR count). The molecule has 0 atom stereocenters. The van der Waals surface area contributed by atoms with Gasteiger partial charge in [0.05, 0.1) is 0 Å². The molecule has 13 heteroatoms. The maximum Gasteiger partial charge on any atom is 0.340 e. The van der Waals surface area contributed by atoms with Crippen LogP contribution in [0.3, 0.4) is 0 Å². The summed E-state index contributed by atoms with van der Waals surface area (Å²) in [6.45, 7) is 0. The van der Waals surface area contributed by atoms with Crippen LogP contribution in [0.4, 0.5) is 0 Å². The third-order valence-electron chi connectivity index (χ3n) is 1.78. The van der Waals surface area contributed by atoms with Crippen molar-refractivity contribution in [2.24, 2.45) is 0 Å². The molecule has 0 aliphatic rings. The lowest BCUT2D eigenvalue weighted by Gasteiger charge is -2.31. The molecule has 0 aromatic rings. The Labute approximate surface area is 186 Å². The standard InChI is InChI=1S/C9H12Br3Cl6O3P/c10-4-1-7(13,14)19-22(20-8(15,16)2-5-11)21-9(17,18)3-6-12/h1-6H2. The van der Waals surface area contributed by atoms with Crippen molar-refractivity contribution in [2.75, 3.05) is 16.0 Å². The summed E-state index contributed by atoms with van der Waals surface area (Å²) in [5, 5.41) is 1.48. The Balaban J connectivity index is 4.98. The number of hydrogen-bond donors (Lipinski definition) is 0. The molecule has 0 N–H and O–H groups in total. The van der Waals surface area contributed by atoms with E-state index in [-0.39, 0.29) is 19.3 Å². The van der Waals surface area contributed by atoms with Gasteiger partial charge in [0.2, 0.25) is 13.6 Å². The zero-order valence-corrected chi connectivity index (χ0v) is 21.0. The summed E-state index contributed by atoms with van der Waals surface area (Å²) in [7, 11) is -2.21. The molecule has 0 saturated carbocycles. The number of hydrogen-bond acceptors (Lipinski definition) is 3. The van der Waals surface area contributed by atoms with Crippen molar-refractivity contribution in [1.29, 1.82) is 0 Å². The minimum atomic E-state index is -2.21. The molecule has 22 heavy (non-hydrogen) atoms. The first kappa shape index (κ1) is 25.5. The van der Waals surface area contributed by atoms with Crippen LogP contribution in [-0.2, 0) is 13.6 Å². The first-order valence-electron chi connectivity index (χ1n) is 5.66. The van der Waals surface area contributed by atoms with Gasteiger partial charge in [-0.2, -0.15) is 0 Å². The van der Waals surface area contributed by atoms with Crippen LogP contribution in [-0.4, -0.2) is 29.5 Å². The van der Waals surface area contributed by atoms with E-state index in [1.807, 2.05) is 0 Å². The first-order chi connectivity index (χ1) is 9.97. The summed E-state index contributed by atoms with van der Waals surface area (Å²) in [6, 6.07) is 0. The fourth-order valence-corrected chi connectivity index (χ4v) is 6.52. The molecule has 0 aliphatic heterocycles. The molecule has 0 aromatic heterocycles. The summed E-state index contributed by atoms with van der Waals surface area (Å²) >= 11 is 45.8. The molecule has 0 unspecified atom stereocenters. The summed E-state index contributed by atoms with van der Waals surface area (Å²) in [5.41, 5.74) is 0.